The van der Waals surface area contributed by atoms with Crippen molar-refractivity contribution in [3.8, 4) is 11.5 Å². The van der Waals surface area contributed by atoms with Gasteiger partial charge in [-0.15, -0.1) is 0 Å². The van der Waals surface area contributed by atoms with Gasteiger partial charge in [0.2, 0.25) is 5.91 Å². The standard InChI is InChI=1S/C15H20N2O3/c1-15(2)8-9-5-12(19-3)13(20-4)6-10(9)11(17-15)7-14(16)18/h5-7,17H,8H2,1-4H3,(H2,16,18). The van der Waals surface area contributed by atoms with Crippen molar-refractivity contribution in [2.45, 2.75) is 25.8 Å². The van der Waals surface area contributed by atoms with Crippen LogP contribution in [0.25, 0.3) is 5.70 Å². The van der Waals surface area contributed by atoms with Gasteiger partial charge in [-0.1, -0.05) is 0 Å². The van der Waals surface area contributed by atoms with Crippen molar-refractivity contribution in [2.75, 3.05) is 14.2 Å². The van der Waals surface area contributed by atoms with Gasteiger partial charge >= 0.3 is 0 Å². The Hall–Kier alpha value is -2.17. The van der Waals surface area contributed by atoms with Crippen LogP contribution in [0.5, 0.6) is 11.5 Å². The van der Waals surface area contributed by atoms with E-state index in [1.165, 1.54) is 6.08 Å². The fourth-order valence-electron chi connectivity index (χ4n) is 2.53. The van der Waals surface area contributed by atoms with Gasteiger partial charge in [0.25, 0.3) is 0 Å². The highest BCUT2D eigenvalue weighted by molar-refractivity contribution is 5.94. The number of rotatable bonds is 3. The third-order valence-electron chi connectivity index (χ3n) is 3.29. The van der Waals surface area contributed by atoms with Gasteiger partial charge in [0, 0.05) is 22.9 Å². The van der Waals surface area contributed by atoms with E-state index in [9.17, 15) is 4.79 Å². The smallest absolute Gasteiger partial charge is 0.243 e. The number of fused-ring (bicyclic) bond motifs is 1. The van der Waals surface area contributed by atoms with Gasteiger partial charge in [0.1, 0.15) is 0 Å². The normalized spacial score (nSPS) is 18.1. The van der Waals surface area contributed by atoms with E-state index in [-0.39, 0.29) is 5.54 Å². The molecule has 0 aromatic heterocycles. The lowest BCUT2D eigenvalue weighted by molar-refractivity contribution is -0.113. The number of carbonyl (C=O) groups excluding carboxylic acids is 1. The highest BCUT2D eigenvalue weighted by atomic mass is 16.5. The molecule has 0 unspecified atom stereocenters. The molecule has 0 radical (unpaired) electrons. The maximum atomic E-state index is 11.2. The quantitative estimate of drug-likeness (QED) is 0.820. The monoisotopic (exact) mass is 276 g/mol. The molecule has 0 saturated carbocycles. The number of hydrogen-bond acceptors (Lipinski definition) is 4. The molecule has 3 N–H and O–H groups in total. The summed E-state index contributed by atoms with van der Waals surface area (Å²) < 4.78 is 10.6. The summed E-state index contributed by atoms with van der Waals surface area (Å²) in [6.07, 6.45) is 2.23. The number of hydrogen-bond donors (Lipinski definition) is 2. The summed E-state index contributed by atoms with van der Waals surface area (Å²) in [6, 6.07) is 3.82. The van der Waals surface area contributed by atoms with Crippen molar-refractivity contribution in [1.29, 1.82) is 0 Å². The van der Waals surface area contributed by atoms with Gasteiger partial charge in [-0.25, -0.2) is 0 Å². The Morgan fingerprint density at radius 2 is 1.90 bits per heavy atom. The van der Waals surface area contributed by atoms with E-state index in [4.69, 9.17) is 15.2 Å². The number of carbonyl (C=O) groups is 1. The van der Waals surface area contributed by atoms with E-state index in [0.29, 0.717) is 17.2 Å². The predicted octanol–water partition coefficient (Wildman–Crippen LogP) is 1.45. The van der Waals surface area contributed by atoms with Crippen LogP contribution in [0.4, 0.5) is 0 Å². The molecule has 20 heavy (non-hydrogen) atoms. The molecule has 1 aliphatic heterocycles. The highest BCUT2D eigenvalue weighted by Crippen LogP contribution is 2.37. The van der Waals surface area contributed by atoms with Gasteiger partial charge in [0.05, 0.1) is 14.2 Å². The number of nitrogens with two attached hydrogens (primary N) is 1. The van der Waals surface area contributed by atoms with Crippen molar-refractivity contribution < 1.29 is 14.3 Å². The van der Waals surface area contributed by atoms with Gasteiger partial charge in [0.15, 0.2) is 11.5 Å². The van der Waals surface area contributed by atoms with Gasteiger partial charge in [-0.2, -0.15) is 0 Å². The van der Waals surface area contributed by atoms with Crippen LogP contribution in [-0.4, -0.2) is 25.7 Å². The van der Waals surface area contributed by atoms with Crippen LogP contribution < -0.4 is 20.5 Å². The summed E-state index contributed by atoms with van der Waals surface area (Å²) in [5.41, 5.74) is 7.85. The fourth-order valence-corrected chi connectivity index (χ4v) is 2.53. The minimum atomic E-state index is -0.481. The first-order chi connectivity index (χ1) is 9.36. The fraction of sp³-hybridized carbons (Fsp3) is 0.400. The molecule has 1 heterocycles. The van der Waals surface area contributed by atoms with E-state index >= 15 is 0 Å². The van der Waals surface area contributed by atoms with Crippen LogP contribution in [0, 0.1) is 0 Å². The Morgan fingerprint density at radius 3 is 2.45 bits per heavy atom. The van der Waals surface area contributed by atoms with Crippen LogP contribution in [-0.2, 0) is 11.2 Å². The third-order valence-corrected chi connectivity index (χ3v) is 3.29. The largest absolute Gasteiger partial charge is 0.493 e. The first kappa shape index (κ1) is 14.2. The number of nitrogens with one attached hydrogen (secondary N) is 1. The maximum absolute atomic E-state index is 11.2. The second-order valence-electron chi connectivity index (χ2n) is 5.51. The molecule has 2 rings (SSSR count). The van der Waals surface area contributed by atoms with Gasteiger partial charge in [-0.05, 0) is 38.0 Å². The lowest BCUT2D eigenvalue weighted by atomic mass is 9.85. The van der Waals surface area contributed by atoms with E-state index in [1.54, 1.807) is 14.2 Å². The summed E-state index contributed by atoms with van der Waals surface area (Å²) in [5.74, 6) is 0.830. The molecule has 1 amide bonds. The lowest BCUT2D eigenvalue weighted by Crippen LogP contribution is -2.44. The average molecular weight is 276 g/mol. The Kier molecular flexibility index (Phi) is 3.61. The second-order valence-corrected chi connectivity index (χ2v) is 5.51. The van der Waals surface area contributed by atoms with Crippen LogP contribution in [0.15, 0.2) is 18.2 Å². The number of amides is 1. The van der Waals surface area contributed by atoms with E-state index in [2.05, 4.69) is 19.2 Å². The summed E-state index contributed by atoms with van der Waals surface area (Å²) in [6.45, 7) is 4.14. The Labute approximate surface area is 118 Å². The van der Waals surface area contributed by atoms with E-state index in [1.807, 2.05) is 12.1 Å². The zero-order valence-electron chi connectivity index (χ0n) is 12.2. The molecule has 0 bridgehead atoms. The first-order valence-electron chi connectivity index (χ1n) is 6.41. The Balaban J connectivity index is 2.61. The number of primary amides is 1. The van der Waals surface area contributed by atoms with E-state index in [0.717, 1.165) is 17.5 Å². The van der Waals surface area contributed by atoms with Gasteiger partial charge in [-0.3, -0.25) is 4.79 Å². The summed E-state index contributed by atoms with van der Waals surface area (Å²) >= 11 is 0. The molecule has 1 aliphatic rings. The van der Waals surface area contributed by atoms with Gasteiger partial charge < -0.3 is 20.5 Å². The average Bonchev–Trinajstić information content (AvgIpc) is 2.35. The Morgan fingerprint density at radius 1 is 1.30 bits per heavy atom. The molecule has 5 heteroatoms. The van der Waals surface area contributed by atoms with Crippen molar-refractivity contribution in [1.82, 2.24) is 5.32 Å². The summed E-state index contributed by atoms with van der Waals surface area (Å²) in [4.78, 5) is 11.2. The van der Waals surface area contributed by atoms with Crippen LogP contribution >= 0.6 is 0 Å². The number of benzene rings is 1. The Bertz CT molecular complexity index is 577. The molecule has 1 aromatic carbocycles. The third kappa shape index (κ3) is 2.71. The lowest BCUT2D eigenvalue weighted by Gasteiger charge is -2.36. The van der Waals surface area contributed by atoms with Crippen molar-refractivity contribution in [2.24, 2.45) is 5.73 Å². The minimum Gasteiger partial charge on any atom is -0.493 e. The van der Waals surface area contributed by atoms with Crippen molar-refractivity contribution in [3.63, 3.8) is 0 Å². The zero-order chi connectivity index (χ0) is 14.9. The highest BCUT2D eigenvalue weighted by Gasteiger charge is 2.29. The van der Waals surface area contributed by atoms with E-state index < -0.39 is 5.91 Å². The summed E-state index contributed by atoms with van der Waals surface area (Å²) in [5, 5.41) is 3.33. The molecule has 0 spiro atoms. The molecule has 5 nitrogen and oxygen atoms in total. The molecule has 0 aliphatic carbocycles. The van der Waals surface area contributed by atoms with Crippen molar-refractivity contribution >= 4 is 11.6 Å². The number of methoxy groups -OCH3 is 2. The molecular weight excluding hydrogens is 256 g/mol. The molecule has 0 atom stereocenters. The van der Waals surface area contributed by atoms with Crippen molar-refractivity contribution in [3.05, 3.63) is 29.3 Å². The molecule has 0 fully saturated rings. The first-order valence-corrected chi connectivity index (χ1v) is 6.41. The second kappa shape index (κ2) is 5.07. The minimum absolute atomic E-state index is 0.159. The molecular formula is C15H20N2O3. The SMILES string of the molecule is COc1cc2c(cc1OC)C(=CC(N)=O)NC(C)(C)C2. The molecule has 108 valence electrons. The topological polar surface area (TPSA) is 73.6 Å². The maximum Gasteiger partial charge on any atom is 0.243 e. The number of ether oxygens (including phenoxy) is 2. The molecule has 1 aromatic rings. The zero-order valence-corrected chi connectivity index (χ0v) is 12.2. The molecule has 0 saturated heterocycles. The predicted molar refractivity (Wildman–Crippen MR) is 77.6 cm³/mol. The van der Waals surface area contributed by atoms with Crippen LogP contribution in [0.2, 0.25) is 0 Å². The van der Waals surface area contributed by atoms with Crippen LogP contribution in [0.3, 0.4) is 0 Å². The van der Waals surface area contributed by atoms with Crippen LogP contribution in [0.1, 0.15) is 25.0 Å². The summed E-state index contributed by atoms with van der Waals surface area (Å²) in [7, 11) is 3.19.